The highest BCUT2D eigenvalue weighted by Crippen LogP contribution is 2.22. The fourth-order valence-electron chi connectivity index (χ4n) is 3.04. The molecule has 0 spiro atoms. The number of ether oxygens (including phenoxy) is 2. The summed E-state index contributed by atoms with van der Waals surface area (Å²) in [5.74, 6) is 1.47. The maximum Gasteiger partial charge on any atom is 0.325 e. The van der Waals surface area contributed by atoms with E-state index in [0.29, 0.717) is 25.5 Å². The molecule has 7 heteroatoms. The number of esters is 1. The number of hydrogen-bond donors (Lipinski definition) is 0. The number of amides is 1. The van der Waals surface area contributed by atoms with Crippen molar-refractivity contribution in [2.45, 2.75) is 26.8 Å². The van der Waals surface area contributed by atoms with Gasteiger partial charge in [0.1, 0.15) is 18.1 Å². The maximum absolute atomic E-state index is 11.7. The Balaban J connectivity index is 1.53. The highest BCUT2D eigenvalue weighted by molar-refractivity contribution is 5.80. The lowest BCUT2D eigenvalue weighted by Crippen LogP contribution is -2.33. The zero-order valence-corrected chi connectivity index (χ0v) is 18.0. The van der Waals surface area contributed by atoms with Crippen LogP contribution in [0.4, 0.5) is 0 Å². The van der Waals surface area contributed by atoms with Gasteiger partial charge in [0.05, 0.1) is 19.4 Å². The van der Waals surface area contributed by atoms with Gasteiger partial charge in [0.15, 0.2) is 0 Å². The topological polar surface area (TPSA) is 81.9 Å². The minimum Gasteiger partial charge on any atom is -0.493 e. The molecule has 0 radical (unpaired) electrons. The van der Waals surface area contributed by atoms with Crippen molar-refractivity contribution in [3.8, 4) is 17.2 Å². The van der Waals surface area contributed by atoms with Gasteiger partial charge in [-0.15, -0.1) is 0 Å². The van der Waals surface area contributed by atoms with Gasteiger partial charge in [0, 0.05) is 25.5 Å². The summed E-state index contributed by atoms with van der Waals surface area (Å²) in [5, 5.41) is 0. The predicted molar refractivity (Wildman–Crippen MR) is 115 cm³/mol. The smallest absolute Gasteiger partial charge is 0.325 e. The molecule has 0 aliphatic rings. The van der Waals surface area contributed by atoms with Crippen LogP contribution in [0.25, 0.3) is 11.5 Å². The molecule has 0 unspecified atom stereocenters. The van der Waals surface area contributed by atoms with Crippen LogP contribution in [0.15, 0.2) is 59.0 Å². The van der Waals surface area contributed by atoms with E-state index in [2.05, 4.69) is 9.72 Å². The Morgan fingerprint density at radius 1 is 1.06 bits per heavy atom. The average Bonchev–Trinajstić information content (AvgIpc) is 3.15. The van der Waals surface area contributed by atoms with E-state index in [1.165, 1.54) is 18.9 Å². The van der Waals surface area contributed by atoms with Crippen LogP contribution in [0.1, 0.15) is 23.9 Å². The minimum atomic E-state index is -0.450. The summed E-state index contributed by atoms with van der Waals surface area (Å²) in [6.45, 7) is 4.04. The van der Waals surface area contributed by atoms with Crippen LogP contribution in [-0.4, -0.2) is 42.0 Å². The normalized spacial score (nSPS) is 10.5. The Morgan fingerprint density at radius 3 is 2.42 bits per heavy atom. The summed E-state index contributed by atoms with van der Waals surface area (Å²) in [4.78, 5) is 29.2. The highest BCUT2D eigenvalue weighted by atomic mass is 16.5. The van der Waals surface area contributed by atoms with Crippen molar-refractivity contribution in [3.05, 3.63) is 71.6 Å². The van der Waals surface area contributed by atoms with Crippen molar-refractivity contribution in [3.63, 3.8) is 0 Å². The standard InChI is InChI=1S/C24H26N2O5/c1-17-22(25-24(31-17)20-7-5-4-6-8-20)13-14-30-21-11-9-19(10-12-21)15-26(18(2)27)16-23(28)29-3/h4-12H,13-16H2,1-3H3. The molecule has 0 fully saturated rings. The van der Waals surface area contributed by atoms with Gasteiger partial charge in [-0.05, 0) is 36.8 Å². The summed E-state index contributed by atoms with van der Waals surface area (Å²) in [7, 11) is 1.30. The predicted octanol–water partition coefficient (Wildman–Crippen LogP) is 3.79. The summed E-state index contributed by atoms with van der Waals surface area (Å²) in [5.41, 5.74) is 2.71. The zero-order chi connectivity index (χ0) is 22.2. The number of carbonyl (C=O) groups excluding carboxylic acids is 2. The van der Waals surface area contributed by atoms with E-state index in [4.69, 9.17) is 9.15 Å². The fraction of sp³-hybridized carbons (Fsp3) is 0.292. The number of hydrogen-bond acceptors (Lipinski definition) is 6. The van der Waals surface area contributed by atoms with Crippen molar-refractivity contribution in [1.82, 2.24) is 9.88 Å². The van der Waals surface area contributed by atoms with Crippen molar-refractivity contribution < 1.29 is 23.5 Å². The highest BCUT2D eigenvalue weighted by Gasteiger charge is 2.15. The lowest BCUT2D eigenvalue weighted by molar-refractivity contribution is -0.146. The second kappa shape index (κ2) is 10.4. The summed E-state index contributed by atoms with van der Waals surface area (Å²) >= 11 is 0. The Labute approximate surface area is 181 Å². The molecule has 1 amide bonds. The lowest BCUT2D eigenvalue weighted by atomic mass is 10.2. The molecule has 0 atom stereocenters. The van der Waals surface area contributed by atoms with Crippen LogP contribution in [0.5, 0.6) is 5.75 Å². The van der Waals surface area contributed by atoms with Gasteiger partial charge < -0.3 is 18.8 Å². The van der Waals surface area contributed by atoms with Crippen molar-refractivity contribution in [2.24, 2.45) is 0 Å². The molecule has 1 heterocycles. The van der Waals surface area contributed by atoms with Crippen LogP contribution < -0.4 is 4.74 Å². The third kappa shape index (κ3) is 6.18. The Hall–Kier alpha value is -3.61. The van der Waals surface area contributed by atoms with Crippen molar-refractivity contribution in [2.75, 3.05) is 20.3 Å². The molecule has 3 aromatic rings. The molecule has 31 heavy (non-hydrogen) atoms. The first kappa shape index (κ1) is 22.1. The van der Waals surface area contributed by atoms with Gasteiger partial charge >= 0.3 is 5.97 Å². The number of rotatable bonds is 9. The van der Waals surface area contributed by atoms with Crippen molar-refractivity contribution >= 4 is 11.9 Å². The van der Waals surface area contributed by atoms with Crippen LogP contribution in [-0.2, 0) is 27.3 Å². The van der Waals surface area contributed by atoms with Crippen LogP contribution in [0.3, 0.4) is 0 Å². The molecule has 7 nitrogen and oxygen atoms in total. The van der Waals surface area contributed by atoms with E-state index in [-0.39, 0.29) is 12.5 Å². The first-order chi connectivity index (χ1) is 15.0. The van der Waals surface area contributed by atoms with Gasteiger partial charge in [0.2, 0.25) is 11.8 Å². The summed E-state index contributed by atoms with van der Waals surface area (Å²) < 4.78 is 16.3. The molecule has 1 aromatic heterocycles. The van der Waals surface area contributed by atoms with E-state index in [0.717, 1.165) is 28.3 Å². The molecule has 2 aromatic carbocycles. The molecule has 0 N–H and O–H groups in total. The zero-order valence-electron chi connectivity index (χ0n) is 18.0. The van der Waals surface area contributed by atoms with E-state index >= 15 is 0 Å². The largest absolute Gasteiger partial charge is 0.493 e. The number of aromatic nitrogens is 1. The number of oxazole rings is 1. The van der Waals surface area contributed by atoms with E-state index in [9.17, 15) is 9.59 Å². The fourth-order valence-corrected chi connectivity index (χ4v) is 3.04. The molecule has 0 aliphatic heterocycles. The van der Waals surface area contributed by atoms with E-state index in [1.807, 2.05) is 61.5 Å². The first-order valence-electron chi connectivity index (χ1n) is 10.0. The van der Waals surface area contributed by atoms with Gasteiger partial charge in [0.25, 0.3) is 0 Å². The molecule has 0 aliphatic carbocycles. The Kier molecular flexibility index (Phi) is 7.43. The minimum absolute atomic E-state index is 0.0773. The number of carbonyl (C=O) groups is 2. The summed E-state index contributed by atoms with van der Waals surface area (Å²) in [6.07, 6.45) is 0.626. The molecule has 3 rings (SSSR count). The first-order valence-corrected chi connectivity index (χ1v) is 10.0. The van der Waals surface area contributed by atoms with E-state index in [1.54, 1.807) is 0 Å². The molecule has 0 bridgehead atoms. The number of aryl methyl sites for hydroxylation is 1. The SMILES string of the molecule is COC(=O)CN(Cc1ccc(OCCc2nc(-c3ccccc3)oc2C)cc1)C(C)=O. The molecule has 0 saturated carbocycles. The van der Waals surface area contributed by atoms with Crippen LogP contribution >= 0.6 is 0 Å². The Bertz CT molecular complexity index is 1010. The Morgan fingerprint density at radius 2 is 1.77 bits per heavy atom. The van der Waals surface area contributed by atoms with E-state index < -0.39 is 5.97 Å². The maximum atomic E-state index is 11.7. The summed E-state index contributed by atoms with van der Waals surface area (Å²) in [6, 6.07) is 17.2. The quantitative estimate of drug-likeness (QED) is 0.488. The monoisotopic (exact) mass is 422 g/mol. The molecular weight excluding hydrogens is 396 g/mol. The van der Waals surface area contributed by atoms with Crippen molar-refractivity contribution in [1.29, 1.82) is 0 Å². The number of methoxy groups -OCH3 is 1. The number of nitrogens with zero attached hydrogens (tertiary/aromatic N) is 2. The lowest BCUT2D eigenvalue weighted by Gasteiger charge is -2.19. The van der Waals surface area contributed by atoms with Crippen LogP contribution in [0, 0.1) is 6.92 Å². The van der Waals surface area contributed by atoms with Crippen LogP contribution in [0.2, 0.25) is 0 Å². The second-order valence-corrected chi connectivity index (χ2v) is 7.08. The number of benzene rings is 2. The third-order valence-corrected chi connectivity index (χ3v) is 4.81. The van der Waals surface area contributed by atoms with Gasteiger partial charge in [-0.1, -0.05) is 30.3 Å². The average molecular weight is 422 g/mol. The van der Waals surface area contributed by atoms with Gasteiger partial charge in [-0.3, -0.25) is 9.59 Å². The molecular formula is C24H26N2O5. The molecule has 0 saturated heterocycles. The van der Waals surface area contributed by atoms with Gasteiger partial charge in [-0.2, -0.15) is 0 Å². The molecule has 162 valence electrons. The van der Waals surface area contributed by atoms with Gasteiger partial charge in [-0.25, -0.2) is 4.98 Å². The second-order valence-electron chi connectivity index (χ2n) is 7.08. The third-order valence-electron chi connectivity index (χ3n) is 4.81.